The summed E-state index contributed by atoms with van der Waals surface area (Å²) in [5.41, 5.74) is 1.17. The van der Waals surface area contributed by atoms with E-state index in [1.54, 1.807) is 13.0 Å². The molecule has 8 heteroatoms. The van der Waals surface area contributed by atoms with Crippen molar-refractivity contribution >= 4 is 21.4 Å². The Labute approximate surface area is 122 Å². The average molecular weight is 308 g/mol. The SMILES string of the molecule is CCc1nc(C(=O)Nc2cc(S(C)(=O)=O)ccc2C)n[nH]1. The Hall–Kier alpha value is -2.22. The highest BCUT2D eigenvalue weighted by Gasteiger charge is 2.15. The van der Waals surface area contributed by atoms with E-state index in [0.717, 1.165) is 11.8 Å². The molecule has 0 aliphatic heterocycles. The fraction of sp³-hybridized carbons (Fsp3) is 0.308. The van der Waals surface area contributed by atoms with Gasteiger partial charge in [-0.3, -0.25) is 9.89 Å². The fourth-order valence-electron chi connectivity index (χ4n) is 1.70. The molecule has 0 bridgehead atoms. The van der Waals surface area contributed by atoms with Gasteiger partial charge in [0.05, 0.1) is 4.90 Å². The molecule has 0 aliphatic carbocycles. The first kappa shape index (κ1) is 15.2. The van der Waals surface area contributed by atoms with E-state index in [1.807, 2.05) is 6.92 Å². The van der Waals surface area contributed by atoms with Crippen LogP contribution in [0.25, 0.3) is 0 Å². The largest absolute Gasteiger partial charge is 0.319 e. The van der Waals surface area contributed by atoms with Gasteiger partial charge in [0, 0.05) is 18.4 Å². The molecule has 1 aromatic carbocycles. The van der Waals surface area contributed by atoms with E-state index < -0.39 is 15.7 Å². The van der Waals surface area contributed by atoms with Crippen molar-refractivity contribution in [2.45, 2.75) is 25.2 Å². The number of rotatable bonds is 4. The summed E-state index contributed by atoms with van der Waals surface area (Å²) in [7, 11) is -3.33. The predicted molar refractivity (Wildman–Crippen MR) is 78.0 cm³/mol. The van der Waals surface area contributed by atoms with Gasteiger partial charge in [-0.05, 0) is 24.6 Å². The zero-order chi connectivity index (χ0) is 15.6. The number of amides is 1. The number of aryl methyl sites for hydroxylation is 2. The van der Waals surface area contributed by atoms with Crippen LogP contribution in [0.2, 0.25) is 0 Å². The van der Waals surface area contributed by atoms with Crippen LogP contribution in [0, 0.1) is 6.92 Å². The van der Waals surface area contributed by atoms with Crippen LogP contribution in [0.15, 0.2) is 23.1 Å². The van der Waals surface area contributed by atoms with Crippen LogP contribution in [0.1, 0.15) is 28.9 Å². The molecular formula is C13H16N4O3S. The lowest BCUT2D eigenvalue weighted by Crippen LogP contribution is -2.15. The molecule has 2 aromatic rings. The summed E-state index contributed by atoms with van der Waals surface area (Å²) in [6.07, 6.45) is 1.76. The molecule has 2 N–H and O–H groups in total. The maximum Gasteiger partial charge on any atom is 0.295 e. The first-order valence-electron chi connectivity index (χ1n) is 6.34. The van der Waals surface area contributed by atoms with Crippen LogP contribution in [0.5, 0.6) is 0 Å². The Bertz CT molecular complexity index is 780. The Morgan fingerprint density at radius 1 is 1.38 bits per heavy atom. The topological polar surface area (TPSA) is 105 Å². The van der Waals surface area contributed by atoms with Gasteiger partial charge in [0.25, 0.3) is 5.91 Å². The number of nitrogens with zero attached hydrogens (tertiary/aromatic N) is 2. The van der Waals surface area contributed by atoms with Gasteiger partial charge in [0.1, 0.15) is 5.82 Å². The molecule has 0 spiro atoms. The van der Waals surface area contributed by atoms with Crippen LogP contribution in [0.4, 0.5) is 5.69 Å². The number of anilines is 1. The lowest BCUT2D eigenvalue weighted by molar-refractivity contribution is 0.101. The van der Waals surface area contributed by atoms with Crippen LogP contribution >= 0.6 is 0 Å². The molecular weight excluding hydrogens is 292 g/mol. The molecule has 0 atom stereocenters. The highest BCUT2D eigenvalue weighted by molar-refractivity contribution is 7.90. The molecule has 0 radical (unpaired) electrons. The first-order valence-corrected chi connectivity index (χ1v) is 8.23. The Kier molecular flexibility index (Phi) is 4.08. The van der Waals surface area contributed by atoms with E-state index >= 15 is 0 Å². The Morgan fingerprint density at radius 3 is 2.67 bits per heavy atom. The molecule has 0 unspecified atom stereocenters. The van der Waals surface area contributed by atoms with E-state index in [1.165, 1.54) is 12.1 Å². The highest BCUT2D eigenvalue weighted by Crippen LogP contribution is 2.20. The minimum absolute atomic E-state index is 0.0241. The van der Waals surface area contributed by atoms with Gasteiger partial charge >= 0.3 is 0 Å². The monoisotopic (exact) mass is 308 g/mol. The lowest BCUT2D eigenvalue weighted by atomic mass is 10.2. The van der Waals surface area contributed by atoms with Crippen molar-refractivity contribution in [2.24, 2.45) is 0 Å². The number of hydrogen-bond donors (Lipinski definition) is 2. The molecule has 21 heavy (non-hydrogen) atoms. The van der Waals surface area contributed by atoms with Crippen LogP contribution < -0.4 is 5.32 Å². The number of H-pyrrole nitrogens is 1. The summed E-state index contributed by atoms with van der Waals surface area (Å²) >= 11 is 0. The van der Waals surface area contributed by atoms with Gasteiger partial charge in [-0.25, -0.2) is 13.4 Å². The van der Waals surface area contributed by atoms with Crippen molar-refractivity contribution in [1.29, 1.82) is 0 Å². The van der Waals surface area contributed by atoms with Crippen LogP contribution in [-0.4, -0.2) is 35.8 Å². The second-order valence-electron chi connectivity index (χ2n) is 4.66. The summed E-state index contributed by atoms with van der Waals surface area (Å²) in [6.45, 7) is 3.67. The summed E-state index contributed by atoms with van der Waals surface area (Å²) in [4.78, 5) is 16.2. The molecule has 2 rings (SSSR count). The third-order valence-electron chi connectivity index (χ3n) is 2.96. The maximum atomic E-state index is 12.1. The normalized spacial score (nSPS) is 11.4. The standard InChI is InChI=1S/C13H16N4O3S/c1-4-11-15-12(17-16-11)13(18)14-10-7-9(21(3,19)20)6-5-8(10)2/h5-7H,4H2,1-3H3,(H,14,18)(H,15,16,17). The molecule has 1 aromatic heterocycles. The first-order chi connectivity index (χ1) is 9.81. The van der Waals surface area contributed by atoms with Crippen molar-refractivity contribution in [3.63, 3.8) is 0 Å². The molecule has 112 valence electrons. The zero-order valence-corrected chi connectivity index (χ0v) is 12.8. The Morgan fingerprint density at radius 2 is 2.10 bits per heavy atom. The lowest BCUT2D eigenvalue weighted by Gasteiger charge is -2.08. The van der Waals surface area contributed by atoms with Crippen LogP contribution in [0.3, 0.4) is 0 Å². The third kappa shape index (κ3) is 3.46. The summed E-state index contributed by atoms with van der Waals surface area (Å²) < 4.78 is 23.1. The van der Waals surface area contributed by atoms with Gasteiger partial charge < -0.3 is 5.32 Å². The molecule has 0 saturated carbocycles. The number of hydrogen-bond acceptors (Lipinski definition) is 5. The van der Waals surface area contributed by atoms with Crippen molar-refractivity contribution < 1.29 is 13.2 Å². The molecule has 1 heterocycles. The van der Waals surface area contributed by atoms with Crippen molar-refractivity contribution in [2.75, 3.05) is 11.6 Å². The quantitative estimate of drug-likeness (QED) is 0.886. The number of aromatic amines is 1. The highest BCUT2D eigenvalue weighted by atomic mass is 32.2. The molecule has 0 saturated heterocycles. The summed E-state index contributed by atoms with van der Waals surface area (Å²) in [6, 6.07) is 4.57. The Balaban J connectivity index is 2.28. The molecule has 7 nitrogen and oxygen atoms in total. The minimum Gasteiger partial charge on any atom is -0.319 e. The van der Waals surface area contributed by atoms with E-state index in [9.17, 15) is 13.2 Å². The average Bonchev–Trinajstić information content (AvgIpc) is 2.88. The smallest absolute Gasteiger partial charge is 0.295 e. The minimum atomic E-state index is -3.33. The number of carbonyl (C=O) groups excluding carboxylic acids is 1. The number of benzene rings is 1. The van der Waals surface area contributed by atoms with Crippen molar-refractivity contribution in [3.05, 3.63) is 35.4 Å². The second-order valence-corrected chi connectivity index (χ2v) is 6.68. The number of carbonyl (C=O) groups is 1. The third-order valence-corrected chi connectivity index (χ3v) is 4.07. The number of aromatic nitrogens is 3. The molecule has 1 amide bonds. The van der Waals surface area contributed by atoms with E-state index in [4.69, 9.17) is 0 Å². The van der Waals surface area contributed by atoms with E-state index in [0.29, 0.717) is 17.9 Å². The van der Waals surface area contributed by atoms with Gasteiger partial charge in [-0.1, -0.05) is 13.0 Å². The van der Waals surface area contributed by atoms with Gasteiger partial charge in [0.2, 0.25) is 5.82 Å². The van der Waals surface area contributed by atoms with Crippen LogP contribution in [-0.2, 0) is 16.3 Å². The van der Waals surface area contributed by atoms with Gasteiger partial charge in [-0.15, -0.1) is 5.10 Å². The van der Waals surface area contributed by atoms with E-state index in [-0.39, 0.29) is 10.7 Å². The zero-order valence-electron chi connectivity index (χ0n) is 12.0. The number of nitrogens with one attached hydrogen (secondary N) is 2. The molecule has 0 fully saturated rings. The summed E-state index contributed by atoms with van der Waals surface area (Å²) in [5.74, 6) is 0.150. The predicted octanol–water partition coefficient (Wildman–Crippen LogP) is 1.33. The van der Waals surface area contributed by atoms with E-state index in [2.05, 4.69) is 20.5 Å². The maximum absolute atomic E-state index is 12.1. The van der Waals surface area contributed by atoms with Crippen molar-refractivity contribution in [1.82, 2.24) is 15.2 Å². The number of sulfone groups is 1. The van der Waals surface area contributed by atoms with Gasteiger partial charge in [-0.2, -0.15) is 0 Å². The van der Waals surface area contributed by atoms with Gasteiger partial charge in [0.15, 0.2) is 9.84 Å². The second kappa shape index (κ2) is 5.65. The molecule has 0 aliphatic rings. The summed E-state index contributed by atoms with van der Waals surface area (Å²) in [5, 5.41) is 9.10. The fourth-order valence-corrected chi connectivity index (χ4v) is 2.35. The van der Waals surface area contributed by atoms with Crippen molar-refractivity contribution in [3.8, 4) is 0 Å².